The van der Waals surface area contributed by atoms with Crippen LogP contribution in [0.1, 0.15) is 56.8 Å². The zero-order valence-corrected chi connectivity index (χ0v) is 24.7. The van der Waals surface area contributed by atoms with Crippen molar-refractivity contribution in [3.63, 3.8) is 0 Å². The minimum absolute atomic E-state index is 0.0597. The molecule has 1 fully saturated rings. The number of anilines is 1. The van der Waals surface area contributed by atoms with Crippen molar-refractivity contribution < 1.29 is 39.2 Å². The van der Waals surface area contributed by atoms with E-state index in [1.807, 2.05) is 0 Å². The third-order valence-corrected chi connectivity index (χ3v) is 7.57. The molecule has 1 atom stereocenters. The molecule has 0 aliphatic carbocycles. The molecule has 2 aromatic rings. The summed E-state index contributed by atoms with van der Waals surface area (Å²) in [7, 11) is 2.92. The van der Waals surface area contributed by atoms with Crippen LogP contribution in [-0.2, 0) is 14.4 Å². The van der Waals surface area contributed by atoms with E-state index in [1.54, 1.807) is 55.1 Å². The van der Waals surface area contributed by atoms with Crippen LogP contribution in [0.2, 0.25) is 5.02 Å². The number of nitrogens with zero attached hydrogens (tertiary/aromatic N) is 2. The summed E-state index contributed by atoms with van der Waals surface area (Å²) >= 11 is 6.42. The number of carbonyl (C=O) groups excluding carboxylic acids is 2. The van der Waals surface area contributed by atoms with Gasteiger partial charge in [-0.2, -0.15) is 0 Å². The van der Waals surface area contributed by atoms with E-state index in [-0.39, 0.29) is 48.4 Å². The van der Waals surface area contributed by atoms with Gasteiger partial charge in [-0.3, -0.25) is 14.4 Å². The predicted octanol–water partition coefficient (Wildman–Crippen LogP) is 3.89. The molecule has 0 aromatic heterocycles. The standard InChI is InChI=1S/C30H39ClN2O8/c1-30(2,18-34)17-33(26(36)10-9-25(35)32-13-11-19(12-14-32)29(38)39)27-22(15-20(31)16-24(27)41-4)28(37)21-7-5-6-8-23(21)40-3/h5-8,15-16,19,28,34,37H,9-14,17-18H2,1-4H3,(H,38,39)/t28-/m1/s1. The number of halogens is 1. The summed E-state index contributed by atoms with van der Waals surface area (Å²) in [5, 5.41) is 31.1. The first kappa shape index (κ1) is 32.2. The first-order valence-corrected chi connectivity index (χ1v) is 13.9. The van der Waals surface area contributed by atoms with E-state index < -0.39 is 29.3 Å². The molecule has 1 aliphatic rings. The summed E-state index contributed by atoms with van der Waals surface area (Å²) in [6.45, 7) is 4.07. The number of hydrogen-bond donors (Lipinski definition) is 3. The van der Waals surface area contributed by atoms with Crippen LogP contribution >= 0.6 is 11.6 Å². The number of ether oxygens (including phenoxy) is 2. The van der Waals surface area contributed by atoms with Crippen molar-refractivity contribution in [3.05, 3.63) is 52.5 Å². The zero-order valence-electron chi connectivity index (χ0n) is 23.9. The molecule has 11 heteroatoms. The first-order chi connectivity index (χ1) is 19.4. The number of carbonyl (C=O) groups is 3. The zero-order chi connectivity index (χ0) is 30.3. The van der Waals surface area contributed by atoms with E-state index in [4.69, 9.17) is 21.1 Å². The maximum absolute atomic E-state index is 13.9. The molecule has 1 heterocycles. The third-order valence-electron chi connectivity index (χ3n) is 7.35. The van der Waals surface area contributed by atoms with E-state index in [9.17, 15) is 29.7 Å². The molecular weight excluding hydrogens is 552 g/mol. The minimum Gasteiger partial charge on any atom is -0.496 e. The quantitative estimate of drug-likeness (QED) is 0.339. The number of carboxylic acids is 1. The van der Waals surface area contributed by atoms with Crippen molar-refractivity contribution in [2.24, 2.45) is 11.3 Å². The molecule has 2 aromatic carbocycles. The van der Waals surface area contributed by atoms with E-state index >= 15 is 0 Å². The fourth-order valence-electron chi connectivity index (χ4n) is 4.96. The Labute approximate surface area is 245 Å². The van der Waals surface area contributed by atoms with Gasteiger partial charge in [-0.15, -0.1) is 0 Å². The van der Waals surface area contributed by atoms with E-state index in [0.717, 1.165) is 0 Å². The summed E-state index contributed by atoms with van der Waals surface area (Å²) in [6.07, 6.45) is -0.726. The van der Waals surface area contributed by atoms with E-state index in [0.29, 0.717) is 42.8 Å². The topological polar surface area (TPSA) is 137 Å². The van der Waals surface area contributed by atoms with Gasteiger partial charge in [-0.05, 0) is 25.0 Å². The van der Waals surface area contributed by atoms with E-state index in [1.165, 1.54) is 19.1 Å². The Morgan fingerprint density at radius 2 is 1.68 bits per heavy atom. The van der Waals surface area contributed by atoms with Crippen LogP contribution in [0.25, 0.3) is 0 Å². The molecule has 0 unspecified atom stereocenters. The third kappa shape index (κ3) is 7.90. The second kappa shape index (κ2) is 14.0. The van der Waals surface area contributed by atoms with Crippen molar-refractivity contribution in [2.75, 3.05) is 45.4 Å². The maximum atomic E-state index is 13.9. The largest absolute Gasteiger partial charge is 0.496 e. The molecule has 41 heavy (non-hydrogen) atoms. The predicted molar refractivity (Wildman–Crippen MR) is 154 cm³/mol. The van der Waals surface area contributed by atoms with Crippen LogP contribution in [0.3, 0.4) is 0 Å². The number of para-hydroxylation sites is 1. The number of likely N-dealkylation sites (tertiary alicyclic amines) is 1. The van der Waals surface area contributed by atoms with Crippen LogP contribution in [0, 0.1) is 11.3 Å². The molecular formula is C30H39ClN2O8. The average Bonchev–Trinajstić information content (AvgIpc) is 2.97. The SMILES string of the molecule is COc1ccccc1[C@@H](O)c1cc(Cl)cc(OC)c1N(CC(C)(C)CO)C(=O)CCC(=O)N1CCC(C(=O)O)CC1. The van der Waals surface area contributed by atoms with Gasteiger partial charge in [0.05, 0.1) is 25.8 Å². The molecule has 3 N–H and O–H groups in total. The average molecular weight is 591 g/mol. The number of methoxy groups -OCH3 is 2. The van der Waals surface area contributed by atoms with Gasteiger partial charge >= 0.3 is 5.97 Å². The maximum Gasteiger partial charge on any atom is 0.306 e. The van der Waals surface area contributed by atoms with E-state index in [2.05, 4.69) is 0 Å². The number of aliphatic carboxylic acids is 1. The number of piperidine rings is 1. The summed E-state index contributed by atoms with van der Waals surface area (Å²) in [4.78, 5) is 41.1. The van der Waals surface area contributed by atoms with Crippen LogP contribution < -0.4 is 14.4 Å². The Morgan fingerprint density at radius 3 is 2.27 bits per heavy atom. The Kier molecular flexibility index (Phi) is 11.0. The molecule has 1 saturated heterocycles. The molecule has 10 nitrogen and oxygen atoms in total. The van der Waals surface area contributed by atoms with Crippen molar-refractivity contribution >= 4 is 35.1 Å². The molecule has 0 saturated carbocycles. The lowest BCUT2D eigenvalue weighted by atomic mass is 9.92. The fourth-order valence-corrected chi connectivity index (χ4v) is 5.18. The smallest absolute Gasteiger partial charge is 0.306 e. The highest BCUT2D eigenvalue weighted by Gasteiger charge is 2.33. The fraction of sp³-hybridized carbons (Fsp3) is 0.500. The van der Waals surface area contributed by atoms with Gasteiger partial charge in [0.15, 0.2) is 0 Å². The summed E-state index contributed by atoms with van der Waals surface area (Å²) in [5.41, 5.74) is 0.282. The minimum atomic E-state index is -1.25. The van der Waals surface area contributed by atoms with Crippen molar-refractivity contribution in [3.8, 4) is 11.5 Å². The lowest BCUT2D eigenvalue weighted by Crippen LogP contribution is -2.43. The Hall–Kier alpha value is -3.34. The van der Waals surface area contributed by atoms with Crippen LogP contribution in [0.5, 0.6) is 11.5 Å². The second-order valence-electron chi connectivity index (χ2n) is 11.0. The molecule has 1 aliphatic heterocycles. The lowest BCUT2D eigenvalue weighted by molar-refractivity contribution is -0.145. The van der Waals surface area contributed by atoms with Gasteiger partial charge in [-0.1, -0.05) is 43.6 Å². The monoisotopic (exact) mass is 590 g/mol. The molecule has 2 amide bonds. The van der Waals surface area contributed by atoms with Crippen molar-refractivity contribution in [1.82, 2.24) is 4.90 Å². The highest BCUT2D eigenvalue weighted by molar-refractivity contribution is 6.31. The van der Waals surface area contributed by atoms with Gasteiger partial charge in [-0.25, -0.2) is 0 Å². The first-order valence-electron chi connectivity index (χ1n) is 13.5. The number of rotatable bonds is 12. The molecule has 0 radical (unpaired) electrons. The normalized spacial score (nSPS) is 14.9. The summed E-state index contributed by atoms with van der Waals surface area (Å²) in [6, 6.07) is 10.0. The number of amides is 2. The molecule has 0 spiro atoms. The lowest BCUT2D eigenvalue weighted by Gasteiger charge is -2.35. The summed E-state index contributed by atoms with van der Waals surface area (Å²) in [5.74, 6) is -1.29. The Morgan fingerprint density at radius 1 is 1.05 bits per heavy atom. The number of carboxylic acid groups (broad SMARTS) is 1. The van der Waals surface area contributed by atoms with Gasteiger partial charge in [0.1, 0.15) is 17.6 Å². The Bertz CT molecular complexity index is 1240. The van der Waals surface area contributed by atoms with Gasteiger partial charge in [0.2, 0.25) is 11.8 Å². The van der Waals surface area contributed by atoms with Crippen LogP contribution in [-0.4, -0.2) is 78.5 Å². The number of aliphatic hydroxyl groups is 2. The molecule has 224 valence electrons. The molecule has 0 bridgehead atoms. The Balaban J connectivity index is 1.97. The van der Waals surface area contributed by atoms with Crippen molar-refractivity contribution in [1.29, 1.82) is 0 Å². The van der Waals surface area contributed by atoms with Crippen molar-refractivity contribution in [2.45, 2.75) is 45.6 Å². The second-order valence-corrected chi connectivity index (χ2v) is 11.4. The van der Waals surface area contributed by atoms with Gasteiger partial charge in [0, 0.05) is 66.7 Å². The highest BCUT2D eigenvalue weighted by Crippen LogP contribution is 2.43. The van der Waals surface area contributed by atoms with Gasteiger partial charge in [0.25, 0.3) is 0 Å². The highest BCUT2D eigenvalue weighted by atomic mass is 35.5. The molecule has 3 rings (SSSR count). The van der Waals surface area contributed by atoms with Crippen LogP contribution in [0.4, 0.5) is 5.69 Å². The number of aliphatic hydroxyl groups excluding tert-OH is 2. The number of benzene rings is 2. The van der Waals surface area contributed by atoms with Gasteiger partial charge < -0.3 is 34.6 Å². The summed E-state index contributed by atoms with van der Waals surface area (Å²) < 4.78 is 11.1. The van der Waals surface area contributed by atoms with Crippen LogP contribution in [0.15, 0.2) is 36.4 Å². The number of hydrogen-bond acceptors (Lipinski definition) is 7.